The topological polar surface area (TPSA) is 9.23 Å². The summed E-state index contributed by atoms with van der Waals surface area (Å²) in [4.78, 5) is 0. The lowest BCUT2D eigenvalue weighted by atomic mass is 10.6. The van der Waals surface area contributed by atoms with Gasteiger partial charge >= 0.3 is 0 Å². The van der Waals surface area contributed by atoms with Crippen molar-refractivity contribution >= 4 is 21.4 Å². The van der Waals surface area contributed by atoms with E-state index in [1.54, 1.807) is 0 Å². The Kier molecular flexibility index (Phi) is 6.90. The number of hydrogen-bond acceptors (Lipinski definition) is 1. The van der Waals surface area contributed by atoms with Gasteiger partial charge < -0.3 is 4.43 Å². The summed E-state index contributed by atoms with van der Waals surface area (Å²) in [7, 11) is -0.221. The van der Waals surface area contributed by atoms with Crippen LogP contribution < -0.4 is 0 Å². The van der Waals surface area contributed by atoms with Crippen molar-refractivity contribution in [2.75, 3.05) is 6.07 Å². The van der Waals surface area contributed by atoms with E-state index in [1.165, 1.54) is 12.5 Å². The summed E-state index contributed by atoms with van der Waals surface area (Å²) in [6.07, 6.45) is 1.24. The van der Waals surface area contributed by atoms with Gasteiger partial charge in [0.2, 0.25) is 0 Å². The van der Waals surface area contributed by atoms with Gasteiger partial charge in [0.25, 0.3) is 0 Å². The van der Waals surface area contributed by atoms with Crippen LogP contribution in [0.2, 0.25) is 6.04 Å². The van der Waals surface area contributed by atoms with E-state index in [1.807, 2.05) is 0 Å². The average Bonchev–Trinajstić information content (AvgIpc) is 1.69. The van der Waals surface area contributed by atoms with Crippen molar-refractivity contribution in [2.24, 2.45) is 0 Å². The highest BCUT2D eigenvalue weighted by Crippen LogP contribution is 1.86. The smallest absolute Gasteiger partial charge is 0.163 e. The third-order valence-electron chi connectivity index (χ3n) is 0.719. The maximum atomic E-state index is 5.25. The zero-order valence-electron chi connectivity index (χ0n) is 4.61. The minimum Gasteiger partial charge on any atom is -0.411 e. The van der Waals surface area contributed by atoms with Gasteiger partial charge in [-0.25, -0.2) is 0 Å². The van der Waals surface area contributed by atoms with Crippen molar-refractivity contribution in [1.82, 2.24) is 0 Å². The van der Waals surface area contributed by atoms with Crippen LogP contribution in [0.4, 0.5) is 0 Å². The van der Waals surface area contributed by atoms with Crippen molar-refractivity contribution < 1.29 is 4.43 Å². The Hall–Kier alpha value is 0.467. The van der Waals surface area contributed by atoms with Crippen LogP contribution in [0.1, 0.15) is 13.3 Å². The first-order valence-electron chi connectivity index (χ1n) is 2.55. The summed E-state index contributed by atoms with van der Waals surface area (Å²) in [5.41, 5.74) is 0. The molecular formula is C4H11ClOSi. The highest BCUT2D eigenvalue weighted by Gasteiger charge is 1.81. The number of halogens is 1. The Labute approximate surface area is 51.9 Å². The van der Waals surface area contributed by atoms with Gasteiger partial charge in [-0.15, -0.1) is 0 Å². The van der Waals surface area contributed by atoms with E-state index in [-0.39, 0.29) is 9.76 Å². The maximum absolute atomic E-state index is 5.25. The van der Waals surface area contributed by atoms with Crippen LogP contribution in [0.15, 0.2) is 0 Å². The molecule has 0 spiro atoms. The fraction of sp³-hybridized carbons (Fsp3) is 1.00. The van der Waals surface area contributed by atoms with Crippen molar-refractivity contribution in [1.29, 1.82) is 0 Å². The Morgan fingerprint density at radius 2 is 2.43 bits per heavy atom. The molecule has 7 heavy (non-hydrogen) atoms. The Bertz CT molecular complexity index is 30.9. The molecule has 0 aliphatic heterocycles. The molecule has 0 saturated heterocycles. The molecule has 0 aliphatic rings. The largest absolute Gasteiger partial charge is 0.411 e. The van der Waals surface area contributed by atoms with Crippen LogP contribution in [0, 0.1) is 0 Å². The fourth-order valence-corrected chi connectivity index (χ4v) is 1.23. The van der Waals surface area contributed by atoms with E-state index >= 15 is 0 Å². The SMILES string of the molecule is CCC[SiH2]OCCl. The lowest BCUT2D eigenvalue weighted by Crippen LogP contribution is -1.93. The van der Waals surface area contributed by atoms with Gasteiger partial charge in [0.05, 0.1) is 0 Å². The number of hydrogen-bond donors (Lipinski definition) is 0. The van der Waals surface area contributed by atoms with Crippen molar-refractivity contribution in [3.8, 4) is 0 Å². The van der Waals surface area contributed by atoms with E-state index in [9.17, 15) is 0 Å². The minimum atomic E-state index is -0.221. The highest BCUT2D eigenvalue weighted by molar-refractivity contribution is 6.29. The molecule has 0 heterocycles. The molecule has 0 saturated carbocycles. The van der Waals surface area contributed by atoms with Crippen molar-refractivity contribution in [3.63, 3.8) is 0 Å². The molecular weight excluding hydrogens is 128 g/mol. The molecule has 0 aromatic carbocycles. The molecule has 44 valence electrons. The third-order valence-corrected chi connectivity index (χ3v) is 2.62. The maximum Gasteiger partial charge on any atom is 0.163 e. The zero-order chi connectivity index (χ0) is 5.54. The summed E-state index contributed by atoms with van der Waals surface area (Å²) in [5.74, 6) is 0. The first kappa shape index (κ1) is 7.47. The average molecular weight is 139 g/mol. The summed E-state index contributed by atoms with van der Waals surface area (Å²) in [5, 5.41) is 0. The predicted octanol–water partition coefficient (Wildman–Crippen LogP) is 1.11. The summed E-state index contributed by atoms with van der Waals surface area (Å²) < 4.78 is 4.98. The first-order chi connectivity index (χ1) is 3.41. The van der Waals surface area contributed by atoms with Gasteiger partial charge in [0.15, 0.2) is 9.76 Å². The second-order valence-electron chi connectivity index (χ2n) is 1.37. The molecule has 0 aromatic rings. The van der Waals surface area contributed by atoms with E-state index < -0.39 is 0 Å². The zero-order valence-corrected chi connectivity index (χ0v) is 6.78. The van der Waals surface area contributed by atoms with Gasteiger partial charge in [-0.1, -0.05) is 24.9 Å². The fourth-order valence-electron chi connectivity index (χ4n) is 0.301. The molecule has 0 radical (unpaired) electrons. The molecule has 0 rings (SSSR count). The van der Waals surface area contributed by atoms with Gasteiger partial charge in [-0.05, 0) is 6.04 Å². The van der Waals surface area contributed by atoms with Crippen LogP contribution >= 0.6 is 11.6 Å². The van der Waals surface area contributed by atoms with E-state index in [0.717, 1.165) is 0 Å². The standard InChI is InChI=1S/C4H11ClOSi/c1-2-3-7-6-4-5/h2-4,7H2,1H3. The minimum absolute atomic E-state index is 0.221. The van der Waals surface area contributed by atoms with Crippen LogP contribution in [0.25, 0.3) is 0 Å². The molecule has 0 atom stereocenters. The molecule has 0 N–H and O–H groups in total. The molecule has 0 unspecified atom stereocenters. The molecule has 1 nitrogen and oxygen atoms in total. The van der Waals surface area contributed by atoms with Gasteiger partial charge in [-0.2, -0.15) is 0 Å². The monoisotopic (exact) mass is 138 g/mol. The highest BCUT2D eigenvalue weighted by atomic mass is 35.5. The van der Waals surface area contributed by atoms with Gasteiger partial charge in [-0.3, -0.25) is 0 Å². The molecule has 3 heteroatoms. The van der Waals surface area contributed by atoms with E-state index in [2.05, 4.69) is 6.92 Å². The Balaban J connectivity index is 2.45. The number of alkyl halides is 1. The van der Waals surface area contributed by atoms with Gasteiger partial charge in [0, 0.05) is 0 Å². The second-order valence-corrected chi connectivity index (χ2v) is 3.11. The second kappa shape index (κ2) is 6.47. The Morgan fingerprint density at radius 3 is 2.86 bits per heavy atom. The molecule has 0 fully saturated rings. The van der Waals surface area contributed by atoms with E-state index in [4.69, 9.17) is 16.0 Å². The lowest BCUT2D eigenvalue weighted by Gasteiger charge is -1.92. The molecule has 0 aliphatic carbocycles. The van der Waals surface area contributed by atoms with Crippen LogP contribution in [-0.4, -0.2) is 15.8 Å². The van der Waals surface area contributed by atoms with Crippen LogP contribution in [0.3, 0.4) is 0 Å². The summed E-state index contributed by atoms with van der Waals surface area (Å²) in [6.45, 7) is 2.16. The molecule has 0 amide bonds. The normalized spacial score (nSPS) is 11.1. The van der Waals surface area contributed by atoms with Crippen LogP contribution in [0.5, 0.6) is 0 Å². The third kappa shape index (κ3) is 6.47. The van der Waals surface area contributed by atoms with Crippen LogP contribution in [-0.2, 0) is 4.43 Å². The number of rotatable bonds is 4. The Morgan fingerprint density at radius 1 is 1.71 bits per heavy atom. The summed E-state index contributed by atoms with van der Waals surface area (Å²) in [6, 6.07) is 1.65. The molecule has 0 aromatic heterocycles. The predicted molar refractivity (Wildman–Crippen MR) is 35.4 cm³/mol. The van der Waals surface area contributed by atoms with Crippen molar-refractivity contribution in [2.45, 2.75) is 19.4 Å². The first-order valence-corrected chi connectivity index (χ1v) is 4.66. The van der Waals surface area contributed by atoms with E-state index in [0.29, 0.717) is 6.07 Å². The summed E-state index contributed by atoms with van der Waals surface area (Å²) >= 11 is 5.25. The quantitative estimate of drug-likeness (QED) is 0.321. The van der Waals surface area contributed by atoms with Crippen molar-refractivity contribution in [3.05, 3.63) is 0 Å². The molecule has 0 bridgehead atoms. The van der Waals surface area contributed by atoms with Gasteiger partial charge in [0.1, 0.15) is 6.07 Å². The lowest BCUT2D eigenvalue weighted by molar-refractivity contribution is 0.411.